The lowest BCUT2D eigenvalue weighted by Crippen LogP contribution is -2.41. The highest BCUT2D eigenvalue weighted by Crippen LogP contribution is 2.32. The van der Waals surface area contributed by atoms with Crippen LogP contribution >= 0.6 is 0 Å². The topological polar surface area (TPSA) is 101 Å². The molecule has 4 heterocycles. The monoisotopic (exact) mass is 493 g/mol. The highest BCUT2D eigenvalue weighted by molar-refractivity contribution is 6.02. The van der Waals surface area contributed by atoms with Gasteiger partial charge in [-0.05, 0) is 12.1 Å². The molecule has 1 aliphatic heterocycles. The van der Waals surface area contributed by atoms with E-state index in [1.807, 2.05) is 31.3 Å². The lowest BCUT2D eigenvalue weighted by Gasteiger charge is -2.33. The average Bonchev–Trinajstić information content (AvgIpc) is 3.36. The van der Waals surface area contributed by atoms with Gasteiger partial charge < -0.3 is 15.0 Å². The Morgan fingerprint density at radius 1 is 1.11 bits per heavy atom. The first-order valence-electron chi connectivity index (χ1n) is 11.0. The first-order chi connectivity index (χ1) is 17.4. The quantitative estimate of drug-likeness (QED) is 0.370. The summed E-state index contributed by atoms with van der Waals surface area (Å²) in [7, 11) is 1.96. The van der Waals surface area contributed by atoms with Gasteiger partial charge in [0, 0.05) is 31.6 Å². The van der Waals surface area contributed by atoms with Crippen molar-refractivity contribution in [1.29, 1.82) is 0 Å². The van der Waals surface area contributed by atoms with Gasteiger partial charge in [-0.2, -0.15) is 10.1 Å². The number of para-hydroxylation sites is 2. The number of nitrogens with zero attached hydrogens (tertiary/aromatic N) is 5. The Balaban J connectivity index is 1.41. The minimum atomic E-state index is -1.37. The number of aromatic amines is 1. The molecule has 6 rings (SSSR count). The molecule has 1 atom stereocenters. The second-order valence-electron chi connectivity index (χ2n) is 8.41. The molecule has 2 N–H and O–H groups in total. The molecule has 0 radical (unpaired) electrons. The van der Waals surface area contributed by atoms with Crippen molar-refractivity contribution in [2.24, 2.45) is 0 Å². The van der Waals surface area contributed by atoms with Crippen molar-refractivity contribution in [2.75, 3.05) is 30.4 Å². The first kappa shape index (κ1) is 21.9. The number of aromatic nitrogens is 5. The third-order valence-corrected chi connectivity index (χ3v) is 6.08. The van der Waals surface area contributed by atoms with Crippen molar-refractivity contribution in [3.05, 3.63) is 76.6 Å². The molecule has 0 aliphatic carbocycles. The van der Waals surface area contributed by atoms with Crippen LogP contribution in [0.25, 0.3) is 27.6 Å². The number of hydrogen-bond acceptors (Lipinski definition) is 7. The fourth-order valence-corrected chi connectivity index (χ4v) is 4.38. The van der Waals surface area contributed by atoms with Crippen LogP contribution in [0.1, 0.15) is 0 Å². The van der Waals surface area contributed by atoms with E-state index in [9.17, 15) is 18.0 Å². The normalized spacial score (nSPS) is 15.2. The fourth-order valence-electron chi connectivity index (χ4n) is 4.38. The lowest BCUT2D eigenvalue weighted by molar-refractivity contribution is 0.208. The first-order valence-corrected chi connectivity index (χ1v) is 11.0. The number of fused-ring (bicyclic) bond motifs is 4. The van der Waals surface area contributed by atoms with Crippen LogP contribution in [-0.4, -0.2) is 51.0 Å². The predicted octanol–water partition coefficient (Wildman–Crippen LogP) is 3.38. The maximum absolute atomic E-state index is 14.7. The maximum atomic E-state index is 14.7. The SMILES string of the molecule is CN1CC(CNc2ncc3c4n[nH]cc4c(=O)n(-c4cc(F)c(F)cc4F)c3n2)Oc2ccccc21. The van der Waals surface area contributed by atoms with E-state index in [0.29, 0.717) is 30.6 Å². The molecule has 1 unspecified atom stereocenters. The molecule has 9 nitrogen and oxygen atoms in total. The second kappa shape index (κ2) is 8.26. The molecule has 0 spiro atoms. The number of pyridine rings is 1. The Labute approximate surface area is 201 Å². The molecule has 1 aliphatic rings. The van der Waals surface area contributed by atoms with E-state index in [4.69, 9.17) is 4.74 Å². The van der Waals surface area contributed by atoms with Gasteiger partial charge in [-0.15, -0.1) is 0 Å². The minimum absolute atomic E-state index is 0.0194. The van der Waals surface area contributed by atoms with Gasteiger partial charge >= 0.3 is 0 Å². The molecule has 2 aromatic carbocycles. The molecule has 0 bridgehead atoms. The van der Waals surface area contributed by atoms with Crippen molar-refractivity contribution in [2.45, 2.75) is 6.10 Å². The zero-order chi connectivity index (χ0) is 25.0. The van der Waals surface area contributed by atoms with Gasteiger partial charge in [0.15, 0.2) is 17.3 Å². The number of anilines is 2. The molecule has 0 amide bonds. The number of ether oxygens (including phenoxy) is 1. The number of rotatable bonds is 4. The molecule has 0 saturated carbocycles. The minimum Gasteiger partial charge on any atom is -0.485 e. The van der Waals surface area contributed by atoms with Crippen LogP contribution in [0, 0.1) is 17.5 Å². The summed E-state index contributed by atoms with van der Waals surface area (Å²) < 4.78 is 49.3. The van der Waals surface area contributed by atoms with Gasteiger partial charge in [0.25, 0.3) is 5.56 Å². The van der Waals surface area contributed by atoms with Crippen LogP contribution in [0.2, 0.25) is 0 Å². The Kier molecular flexibility index (Phi) is 5.02. The van der Waals surface area contributed by atoms with E-state index in [1.54, 1.807) is 0 Å². The largest absolute Gasteiger partial charge is 0.485 e. The van der Waals surface area contributed by atoms with Crippen LogP contribution in [0.15, 0.2) is 53.6 Å². The van der Waals surface area contributed by atoms with E-state index in [1.165, 1.54) is 12.4 Å². The molecule has 12 heteroatoms. The Hall–Kier alpha value is -4.61. The summed E-state index contributed by atoms with van der Waals surface area (Å²) in [4.78, 5) is 24.0. The second-order valence-corrected chi connectivity index (χ2v) is 8.41. The number of likely N-dealkylation sites (N-methyl/N-ethyl adjacent to an activating group) is 1. The summed E-state index contributed by atoms with van der Waals surface area (Å²) in [5.41, 5.74) is 0.0557. The van der Waals surface area contributed by atoms with Crippen molar-refractivity contribution in [3.63, 3.8) is 0 Å². The number of hydrogen-bond donors (Lipinski definition) is 2. The molecule has 0 saturated heterocycles. The fraction of sp³-hybridized carbons (Fsp3) is 0.167. The third-order valence-electron chi connectivity index (χ3n) is 6.08. The van der Waals surface area contributed by atoms with Crippen LogP contribution in [0.4, 0.5) is 24.8 Å². The summed E-state index contributed by atoms with van der Waals surface area (Å²) >= 11 is 0. The zero-order valence-corrected chi connectivity index (χ0v) is 18.8. The standard InChI is InChI=1S/C24H18F3N7O2/c1-33-11-12(36-20-5-3-2-4-18(20)33)8-28-24-29-9-13-21-14(10-30-32-21)23(35)34(22(13)31-24)19-7-16(26)15(25)6-17(19)27/h2-7,9-10,12H,8,11H2,1H3,(H,30,32)(H,28,29,31). The predicted molar refractivity (Wildman–Crippen MR) is 127 cm³/mol. The van der Waals surface area contributed by atoms with E-state index < -0.39 is 28.7 Å². The van der Waals surface area contributed by atoms with E-state index in [2.05, 4.69) is 30.4 Å². The highest BCUT2D eigenvalue weighted by atomic mass is 19.2. The molecular weight excluding hydrogens is 475 g/mol. The summed E-state index contributed by atoms with van der Waals surface area (Å²) in [6.07, 6.45) is 2.54. The van der Waals surface area contributed by atoms with Crippen molar-refractivity contribution in [3.8, 4) is 11.4 Å². The summed E-state index contributed by atoms with van der Waals surface area (Å²) in [5, 5.41) is 10.2. The molecule has 0 fully saturated rings. The van der Waals surface area contributed by atoms with Crippen LogP contribution < -0.4 is 20.5 Å². The van der Waals surface area contributed by atoms with E-state index in [-0.39, 0.29) is 28.6 Å². The maximum Gasteiger partial charge on any atom is 0.267 e. The van der Waals surface area contributed by atoms with Gasteiger partial charge in [0.1, 0.15) is 23.2 Å². The number of halogens is 3. The van der Waals surface area contributed by atoms with Gasteiger partial charge in [0.2, 0.25) is 5.95 Å². The van der Waals surface area contributed by atoms with Crippen LogP contribution in [0.3, 0.4) is 0 Å². The van der Waals surface area contributed by atoms with Gasteiger partial charge in [-0.3, -0.25) is 14.5 Å². The summed E-state index contributed by atoms with van der Waals surface area (Å²) in [5.74, 6) is -2.90. The third kappa shape index (κ3) is 3.49. The van der Waals surface area contributed by atoms with E-state index >= 15 is 0 Å². The number of H-pyrrole nitrogens is 1. The summed E-state index contributed by atoms with van der Waals surface area (Å²) in [6, 6.07) is 8.69. The van der Waals surface area contributed by atoms with Crippen molar-refractivity contribution >= 4 is 33.6 Å². The van der Waals surface area contributed by atoms with Crippen LogP contribution in [-0.2, 0) is 0 Å². The molecule has 182 valence electrons. The average molecular weight is 493 g/mol. The highest BCUT2D eigenvalue weighted by Gasteiger charge is 2.24. The Morgan fingerprint density at radius 2 is 1.92 bits per heavy atom. The Morgan fingerprint density at radius 3 is 2.78 bits per heavy atom. The van der Waals surface area contributed by atoms with Gasteiger partial charge in [0.05, 0.1) is 35.2 Å². The number of nitrogens with one attached hydrogen (secondary N) is 2. The lowest BCUT2D eigenvalue weighted by atomic mass is 10.2. The van der Waals surface area contributed by atoms with E-state index in [0.717, 1.165) is 16.0 Å². The Bertz CT molecular complexity index is 1700. The van der Waals surface area contributed by atoms with Crippen LogP contribution in [0.5, 0.6) is 5.75 Å². The van der Waals surface area contributed by atoms with Crippen molar-refractivity contribution < 1.29 is 17.9 Å². The zero-order valence-electron chi connectivity index (χ0n) is 18.8. The number of benzene rings is 2. The van der Waals surface area contributed by atoms with Gasteiger partial charge in [-0.1, -0.05) is 12.1 Å². The molecular formula is C24H18F3N7O2. The summed E-state index contributed by atoms with van der Waals surface area (Å²) in [6.45, 7) is 0.939. The smallest absolute Gasteiger partial charge is 0.267 e. The van der Waals surface area contributed by atoms with Gasteiger partial charge in [-0.25, -0.2) is 18.2 Å². The molecule has 36 heavy (non-hydrogen) atoms. The molecule has 3 aromatic heterocycles. The van der Waals surface area contributed by atoms with Crippen molar-refractivity contribution in [1.82, 2.24) is 24.7 Å². The molecule has 5 aromatic rings.